The predicted octanol–water partition coefficient (Wildman–Crippen LogP) is 3.83. The minimum atomic E-state index is -0.229. The van der Waals surface area contributed by atoms with Crippen LogP contribution in [-0.4, -0.2) is 22.3 Å². The fourth-order valence-electron chi connectivity index (χ4n) is 2.62. The Morgan fingerprint density at radius 1 is 1.00 bits per heavy atom. The monoisotopic (exact) mass is 357 g/mol. The molecule has 0 radical (unpaired) electrons. The fourth-order valence-corrected chi connectivity index (χ4v) is 2.62. The summed E-state index contributed by atoms with van der Waals surface area (Å²) in [7, 11) is 0. The molecule has 3 rings (SSSR count). The molecule has 5 heteroatoms. The van der Waals surface area contributed by atoms with Gasteiger partial charge in [-0.3, -0.25) is 4.79 Å². The number of aromatic nitrogens is 1. The first kappa shape index (κ1) is 18.2. The van der Waals surface area contributed by atoms with Gasteiger partial charge < -0.3 is 9.64 Å². The summed E-state index contributed by atoms with van der Waals surface area (Å²) in [6.07, 6.45) is 1.54. The molecule has 5 nitrogen and oxygen atoms in total. The predicted molar refractivity (Wildman–Crippen MR) is 102 cm³/mol. The van der Waals surface area contributed by atoms with Gasteiger partial charge in [0.15, 0.2) is 0 Å². The standard InChI is InChI=1S/C22H19N3O2/c23-12-14-25(16-18-7-3-1-4-8-18)22(26)20-11-13-24-21(15-20)27-17-19-9-5-2-6-10-19/h1-11,13,15H,14,16-17H2. The van der Waals surface area contributed by atoms with E-state index in [1.54, 1.807) is 18.3 Å². The Kier molecular flexibility index (Phi) is 6.16. The molecular weight excluding hydrogens is 338 g/mol. The number of nitriles is 1. The van der Waals surface area contributed by atoms with Crippen LogP contribution >= 0.6 is 0 Å². The average molecular weight is 357 g/mol. The van der Waals surface area contributed by atoms with Gasteiger partial charge in [-0.15, -0.1) is 0 Å². The molecule has 27 heavy (non-hydrogen) atoms. The average Bonchev–Trinajstić information content (AvgIpc) is 2.73. The quantitative estimate of drug-likeness (QED) is 0.603. The number of pyridine rings is 1. The second-order valence-corrected chi connectivity index (χ2v) is 5.96. The first-order chi connectivity index (χ1) is 13.3. The highest BCUT2D eigenvalue weighted by Crippen LogP contribution is 2.15. The second kappa shape index (κ2) is 9.16. The van der Waals surface area contributed by atoms with Crippen molar-refractivity contribution < 1.29 is 9.53 Å². The summed E-state index contributed by atoms with van der Waals surface area (Å²) in [6.45, 7) is 0.753. The molecule has 0 N–H and O–H groups in total. The van der Waals surface area contributed by atoms with Gasteiger partial charge in [-0.05, 0) is 17.2 Å². The molecule has 0 saturated carbocycles. The van der Waals surface area contributed by atoms with Gasteiger partial charge in [0.05, 0.1) is 6.07 Å². The van der Waals surface area contributed by atoms with Crippen molar-refractivity contribution in [1.82, 2.24) is 9.88 Å². The minimum absolute atomic E-state index is 0.0102. The zero-order valence-corrected chi connectivity index (χ0v) is 14.8. The lowest BCUT2D eigenvalue weighted by Gasteiger charge is -2.20. The summed E-state index contributed by atoms with van der Waals surface area (Å²) in [4.78, 5) is 18.5. The van der Waals surface area contributed by atoms with Crippen molar-refractivity contribution in [3.63, 3.8) is 0 Å². The van der Waals surface area contributed by atoms with E-state index in [4.69, 9.17) is 10.00 Å². The van der Waals surface area contributed by atoms with Crippen molar-refractivity contribution in [2.24, 2.45) is 0 Å². The number of amides is 1. The van der Waals surface area contributed by atoms with Gasteiger partial charge in [0, 0.05) is 24.4 Å². The summed E-state index contributed by atoms with van der Waals surface area (Å²) in [5.74, 6) is 0.147. The Hall–Kier alpha value is -3.65. The third-order valence-electron chi connectivity index (χ3n) is 3.98. The van der Waals surface area contributed by atoms with E-state index >= 15 is 0 Å². The molecule has 0 aliphatic carbocycles. The molecule has 0 spiro atoms. The molecule has 3 aromatic rings. The third kappa shape index (κ3) is 5.16. The SMILES string of the molecule is N#CCN(Cc1ccccc1)C(=O)c1ccnc(OCc2ccccc2)c1. The van der Waals surface area contributed by atoms with Crippen LogP contribution < -0.4 is 4.74 Å². The van der Waals surface area contributed by atoms with Crippen LogP contribution in [0.25, 0.3) is 0 Å². The van der Waals surface area contributed by atoms with Gasteiger partial charge in [0.1, 0.15) is 13.2 Å². The fraction of sp³-hybridized carbons (Fsp3) is 0.136. The van der Waals surface area contributed by atoms with Crippen LogP contribution in [0.1, 0.15) is 21.5 Å². The summed E-state index contributed by atoms with van der Waals surface area (Å²) in [5.41, 5.74) is 2.43. The van der Waals surface area contributed by atoms with Crippen molar-refractivity contribution in [1.29, 1.82) is 5.26 Å². The maximum absolute atomic E-state index is 12.9. The van der Waals surface area contributed by atoms with E-state index in [1.807, 2.05) is 60.7 Å². The first-order valence-electron chi connectivity index (χ1n) is 8.59. The molecule has 0 bridgehead atoms. The highest BCUT2D eigenvalue weighted by Gasteiger charge is 2.17. The van der Waals surface area contributed by atoms with Crippen molar-refractivity contribution in [3.8, 4) is 11.9 Å². The number of hydrogen-bond donors (Lipinski definition) is 0. The number of rotatable bonds is 7. The van der Waals surface area contributed by atoms with E-state index in [2.05, 4.69) is 11.1 Å². The molecule has 1 aromatic heterocycles. The molecule has 0 saturated heterocycles. The summed E-state index contributed by atoms with van der Waals surface area (Å²) in [5, 5.41) is 9.09. The molecule has 1 heterocycles. The molecule has 0 aliphatic heterocycles. The Morgan fingerprint density at radius 3 is 2.33 bits per heavy atom. The molecule has 1 amide bonds. The van der Waals surface area contributed by atoms with Crippen molar-refractivity contribution >= 4 is 5.91 Å². The van der Waals surface area contributed by atoms with E-state index in [0.29, 0.717) is 24.6 Å². The minimum Gasteiger partial charge on any atom is -0.473 e. The lowest BCUT2D eigenvalue weighted by Crippen LogP contribution is -2.31. The largest absolute Gasteiger partial charge is 0.473 e. The number of carbonyl (C=O) groups excluding carboxylic acids is 1. The van der Waals surface area contributed by atoms with Crippen LogP contribution in [0.4, 0.5) is 0 Å². The van der Waals surface area contributed by atoms with Crippen LogP contribution in [0.15, 0.2) is 79.0 Å². The van der Waals surface area contributed by atoms with E-state index in [0.717, 1.165) is 11.1 Å². The summed E-state index contributed by atoms with van der Waals surface area (Å²) >= 11 is 0. The Bertz CT molecular complexity index is 921. The molecule has 134 valence electrons. The maximum atomic E-state index is 12.9. The van der Waals surface area contributed by atoms with Crippen molar-refractivity contribution in [2.75, 3.05) is 6.54 Å². The molecule has 0 atom stereocenters. The number of hydrogen-bond acceptors (Lipinski definition) is 4. The number of benzene rings is 2. The van der Waals surface area contributed by atoms with Crippen LogP contribution in [0.2, 0.25) is 0 Å². The lowest BCUT2D eigenvalue weighted by atomic mass is 10.2. The zero-order chi connectivity index (χ0) is 18.9. The van der Waals surface area contributed by atoms with E-state index < -0.39 is 0 Å². The topological polar surface area (TPSA) is 66.2 Å². The van der Waals surface area contributed by atoms with Gasteiger partial charge in [-0.25, -0.2) is 4.98 Å². The molecule has 0 fully saturated rings. The number of nitrogens with zero attached hydrogens (tertiary/aromatic N) is 3. The van der Waals surface area contributed by atoms with Gasteiger partial charge in [-0.1, -0.05) is 60.7 Å². The zero-order valence-electron chi connectivity index (χ0n) is 14.8. The summed E-state index contributed by atoms with van der Waals surface area (Å²) in [6, 6.07) is 24.6. The smallest absolute Gasteiger partial charge is 0.255 e. The number of carbonyl (C=O) groups is 1. The van der Waals surface area contributed by atoms with Gasteiger partial charge in [0.2, 0.25) is 5.88 Å². The Morgan fingerprint density at radius 2 is 1.67 bits per heavy atom. The molecular formula is C22H19N3O2. The van der Waals surface area contributed by atoms with E-state index in [-0.39, 0.29) is 12.5 Å². The van der Waals surface area contributed by atoms with Crippen molar-refractivity contribution in [3.05, 3.63) is 95.7 Å². The maximum Gasteiger partial charge on any atom is 0.255 e. The molecule has 0 aliphatic rings. The highest BCUT2D eigenvalue weighted by molar-refractivity contribution is 5.94. The van der Waals surface area contributed by atoms with Gasteiger partial charge >= 0.3 is 0 Å². The summed E-state index contributed by atoms with van der Waals surface area (Å²) < 4.78 is 5.69. The van der Waals surface area contributed by atoms with Crippen LogP contribution in [0, 0.1) is 11.3 Å². The van der Waals surface area contributed by atoms with Gasteiger partial charge in [0.25, 0.3) is 5.91 Å². The normalized spacial score (nSPS) is 10.0. The second-order valence-electron chi connectivity index (χ2n) is 5.96. The first-order valence-corrected chi connectivity index (χ1v) is 8.59. The van der Waals surface area contributed by atoms with Crippen LogP contribution in [0.5, 0.6) is 5.88 Å². The van der Waals surface area contributed by atoms with Crippen molar-refractivity contribution in [2.45, 2.75) is 13.2 Å². The number of ether oxygens (including phenoxy) is 1. The Balaban J connectivity index is 1.71. The van der Waals surface area contributed by atoms with E-state index in [9.17, 15) is 4.79 Å². The van der Waals surface area contributed by atoms with Crippen LogP contribution in [-0.2, 0) is 13.2 Å². The van der Waals surface area contributed by atoms with Crippen LogP contribution in [0.3, 0.4) is 0 Å². The third-order valence-corrected chi connectivity index (χ3v) is 3.98. The molecule has 0 unspecified atom stereocenters. The van der Waals surface area contributed by atoms with Gasteiger partial charge in [-0.2, -0.15) is 5.26 Å². The highest BCUT2D eigenvalue weighted by atomic mass is 16.5. The molecule has 2 aromatic carbocycles. The Labute approximate surface area is 158 Å². The van der Waals surface area contributed by atoms with E-state index in [1.165, 1.54) is 4.90 Å². The lowest BCUT2D eigenvalue weighted by molar-refractivity contribution is 0.0764.